The van der Waals surface area contributed by atoms with Crippen molar-refractivity contribution in [3.05, 3.63) is 24.3 Å². The molecule has 0 fully saturated rings. The highest BCUT2D eigenvalue weighted by atomic mass is 16.2. The summed E-state index contributed by atoms with van der Waals surface area (Å²) in [7, 11) is 0. The number of allylic oxidation sites excluding steroid dienone is 2. The van der Waals surface area contributed by atoms with Gasteiger partial charge in [0, 0.05) is 52.4 Å². The number of amides is 2. The second-order valence-corrected chi connectivity index (χ2v) is 15.9. The Morgan fingerprint density at radius 3 is 0.950 bits per heavy atom. The summed E-state index contributed by atoms with van der Waals surface area (Å²) in [6, 6.07) is 0.222. The molecular formula is C45H92N14O. The molecule has 0 aromatic carbocycles. The van der Waals surface area contributed by atoms with E-state index in [4.69, 9.17) is 33.8 Å². The third kappa shape index (κ3) is 39.3. The van der Waals surface area contributed by atoms with E-state index >= 15 is 0 Å². The van der Waals surface area contributed by atoms with E-state index in [0.29, 0.717) is 25.0 Å². The van der Waals surface area contributed by atoms with Crippen molar-refractivity contribution >= 4 is 29.9 Å². The summed E-state index contributed by atoms with van der Waals surface area (Å²) in [5.41, 5.74) is 22.7. The number of aliphatic imine (C=N–C) groups is 2. The van der Waals surface area contributed by atoms with Crippen LogP contribution in [0.2, 0.25) is 0 Å². The molecule has 0 radical (unpaired) electrons. The third-order valence-electron chi connectivity index (χ3n) is 10.4. The molecule has 0 saturated carbocycles. The molecule has 0 aromatic rings. The number of hydrogen-bond acceptors (Lipinski definition) is 5. The number of rotatable bonds is 40. The van der Waals surface area contributed by atoms with Crippen molar-refractivity contribution < 1.29 is 4.79 Å². The fraction of sp³-hybridized carbons (Fsp3) is 0.800. The van der Waals surface area contributed by atoms with Crippen LogP contribution in [0.4, 0.5) is 4.79 Å². The van der Waals surface area contributed by atoms with Gasteiger partial charge in [0.2, 0.25) is 0 Å². The van der Waals surface area contributed by atoms with E-state index in [2.05, 4.69) is 41.1 Å². The number of nitrogens with two attached hydrogens (primary N) is 4. The molecule has 0 aliphatic heterocycles. The number of hydrogen-bond donors (Lipinski definition) is 10. The third-order valence-corrected chi connectivity index (χ3v) is 10.4. The minimum absolute atomic E-state index is 0.0388. The molecule has 0 rings (SSSR count). The fourth-order valence-corrected chi connectivity index (χ4v) is 6.85. The van der Waals surface area contributed by atoms with Gasteiger partial charge in [0.05, 0.1) is 13.1 Å². The van der Waals surface area contributed by atoms with Crippen LogP contribution < -0.4 is 44.2 Å². The molecule has 15 heteroatoms. The van der Waals surface area contributed by atoms with Crippen LogP contribution >= 0.6 is 0 Å². The van der Waals surface area contributed by atoms with E-state index < -0.39 is 0 Å². The number of carbonyl (C=O) groups is 1. The number of nitrogens with zero attached hydrogens (tertiary/aromatic N) is 4. The molecule has 0 spiro atoms. The highest BCUT2D eigenvalue weighted by molar-refractivity contribution is 5.78. The van der Waals surface area contributed by atoms with Crippen molar-refractivity contribution in [3.8, 4) is 0 Å². The SMILES string of the molecule is C/C=C/CN=C(N)NCCCCCCCCN(CCCCCCCCNC(=N)N)C(=O)N(CCCCCCCCNC(=N)N)CCCCCCCCNC(N)=NC/C=C/C. The van der Waals surface area contributed by atoms with E-state index in [1.54, 1.807) is 0 Å². The van der Waals surface area contributed by atoms with Crippen molar-refractivity contribution in [2.75, 3.05) is 65.4 Å². The summed E-state index contributed by atoms with van der Waals surface area (Å²) in [6.45, 7) is 11.7. The Morgan fingerprint density at radius 1 is 0.433 bits per heavy atom. The zero-order valence-electron chi connectivity index (χ0n) is 38.4. The van der Waals surface area contributed by atoms with Gasteiger partial charge in [-0.2, -0.15) is 0 Å². The summed E-state index contributed by atoms with van der Waals surface area (Å²) in [5.74, 6) is 1.10. The van der Waals surface area contributed by atoms with Crippen LogP contribution in [0.25, 0.3) is 0 Å². The lowest BCUT2D eigenvalue weighted by atomic mass is 10.1. The minimum atomic E-state index is 0.0388. The van der Waals surface area contributed by atoms with Crippen LogP contribution in [0.3, 0.4) is 0 Å². The van der Waals surface area contributed by atoms with E-state index in [-0.39, 0.29) is 18.0 Å². The number of urea groups is 1. The average molecular weight is 845 g/mol. The lowest BCUT2D eigenvalue weighted by Gasteiger charge is -2.31. The van der Waals surface area contributed by atoms with E-state index in [1.807, 2.05) is 38.2 Å². The van der Waals surface area contributed by atoms with Crippen LogP contribution in [0.1, 0.15) is 168 Å². The highest BCUT2D eigenvalue weighted by Gasteiger charge is 2.20. The van der Waals surface area contributed by atoms with Gasteiger partial charge in [-0.1, -0.05) is 127 Å². The molecule has 0 bridgehead atoms. The Balaban J connectivity index is 5.11. The zero-order valence-corrected chi connectivity index (χ0v) is 38.4. The first-order valence-corrected chi connectivity index (χ1v) is 23.7. The normalized spacial score (nSPS) is 12.0. The van der Waals surface area contributed by atoms with Crippen LogP contribution in [-0.2, 0) is 0 Å². The van der Waals surface area contributed by atoms with Crippen LogP contribution in [0.15, 0.2) is 34.3 Å². The standard InChI is InChI=1S/C45H92N14O/c1-3-5-31-54-43(50)56-35-25-17-9-13-21-29-39-58(37-27-19-11-7-15-23-33-52-41(46)47)45(60)59(38-28-20-12-8-16-24-34-53-42(48)49)40-30-22-14-10-18-26-36-57-44(51)55-32-6-4-2/h3-6H,7-40H2,1-2H3,(H4,46,47,52)(H4,48,49,53)(H3,50,54,56)(H3,51,55,57)/b5-3+,6-4+. The molecule has 15 nitrogen and oxygen atoms in total. The molecular weight excluding hydrogens is 753 g/mol. The predicted octanol–water partition coefficient (Wildman–Crippen LogP) is 7.00. The second-order valence-electron chi connectivity index (χ2n) is 15.9. The van der Waals surface area contributed by atoms with Gasteiger partial charge in [0.15, 0.2) is 23.8 Å². The lowest BCUT2D eigenvalue weighted by molar-refractivity contribution is 0.148. The molecule has 60 heavy (non-hydrogen) atoms. The van der Waals surface area contributed by atoms with Gasteiger partial charge in [-0.3, -0.25) is 10.8 Å². The van der Waals surface area contributed by atoms with Crippen LogP contribution in [-0.4, -0.2) is 105 Å². The Kier molecular flexibility index (Phi) is 40.0. The molecule has 0 heterocycles. The van der Waals surface area contributed by atoms with Gasteiger partial charge in [-0.05, 0) is 65.2 Å². The highest BCUT2D eigenvalue weighted by Crippen LogP contribution is 2.14. The smallest absolute Gasteiger partial charge is 0.319 e. The van der Waals surface area contributed by atoms with Crippen molar-refractivity contribution in [1.82, 2.24) is 31.1 Å². The van der Waals surface area contributed by atoms with Gasteiger partial charge in [-0.15, -0.1) is 0 Å². The first-order chi connectivity index (χ1) is 29.2. The summed E-state index contributed by atoms with van der Waals surface area (Å²) in [4.78, 5) is 27.2. The molecule has 0 aliphatic carbocycles. The average Bonchev–Trinajstić information content (AvgIpc) is 3.22. The molecule has 0 saturated heterocycles. The predicted molar refractivity (Wildman–Crippen MR) is 258 cm³/mol. The van der Waals surface area contributed by atoms with Crippen molar-refractivity contribution in [3.63, 3.8) is 0 Å². The molecule has 348 valence electrons. The van der Waals surface area contributed by atoms with E-state index in [1.165, 1.54) is 25.7 Å². The topological polar surface area (TPSA) is 248 Å². The van der Waals surface area contributed by atoms with Crippen molar-refractivity contribution in [1.29, 1.82) is 10.8 Å². The molecule has 0 atom stereocenters. The Bertz CT molecular complexity index is 1070. The summed E-state index contributed by atoms with van der Waals surface area (Å²) >= 11 is 0. The van der Waals surface area contributed by atoms with Crippen LogP contribution in [0, 0.1) is 10.8 Å². The van der Waals surface area contributed by atoms with Gasteiger partial charge < -0.3 is 54.0 Å². The van der Waals surface area contributed by atoms with Gasteiger partial charge in [-0.25, -0.2) is 14.8 Å². The maximum absolute atomic E-state index is 14.3. The number of guanidine groups is 4. The lowest BCUT2D eigenvalue weighted by Crippen LogP contribution is -2.45. The Morgan fingerprint density at radius 2 is 0.683 bits per heavy atom. The quantitative estimate of drug-likeness (QED) is 0.0132. The molecule has 14 N–H and O–H groups in total. The van der Waals surface area contributed by atoms with Crippen molar-refractivity contribution in [2.24, 2.45) is 32.9 Å². The Labute approximate surface area is 366 Å². The maximum atomic E-state index is 14.3. The van der Waals surface area contributed by atoms with Gasteiger partial charge >= 0.3 is 6.03 Å². The second kappa shape index (κ2) is 42.9. The van der Waals surface area contributed by atoms with Crippen molar-refractivity contribution in [2.45, 2.75) is 168 Å². The molecule has 0 aliphatic rings. The molecule has 0 aromatic heterocycles. The maximum Gasteiger partial charge on any atom is 0.319 e. The zero-order chi connectivity index (χ0) is 44.2. The largest absolute Gasteiger partial charge is 0.370 e. The Hall–Kier alpha value is -4.17. The van der Waals surface area contributed by atoms with Gasteiger partial charge in [0.25, 0.3) is 0 Å². The number of unbranched alkanes of at least 4 members (excludes halogenated alkanes) is 20. The first-order valence-electron chi connectivity index (χ1n) is 23.7. The minimum Gasteiger partial charge on any atom is -0.370 e. The summed E-state index contributed by atoms with van der Waals surface area (Å²) in [5, 5.41) is 26.8. The summed E-state index contributed by atoms with van der Waals surface area (Å²) in [6.07, 6.45) is 34.6. The van der Waals surface area contributed by atoms with Crippen LogP contribution in [0.5, 0.6) is 0 Å². The first kappa shape index (κ1) is 55.8. The molecule has 0 unspecified atom stereocenters. The van der Waals surface area contributed by atoms with Gasteiger partial charge in [0.1, 0.15) is 0 Å². The number of nitrogens with one attached hydrogen (secondary N) is 6. The monoisotopic (exact) mass is 845 g/mol. The van der Waals surface area contributed by atoms with E-state index in [9.17, 15) is 4.79 Å². The molecule has 2 amide bonds. The van der Waals surface area contributed by atoms with E-state index in [0.717, 1.165) is 181 Å². The fourth-order valence-electron chi connectivity index (χ4n) is 6.85. The number of carbonyl (C=O) groups excluding carboxylic acids is 1. The summed E-state index contributed by atoms with van der Waals surface area (Å²) < 4.78 is 0.